The first-order valence-electron chi connectivity index (χ1n) is 7.99. The molecule has 0 aliphatic carbocycles. The van der Waals surface area contributed by atoms with Gasteiger partial charge in [-0.05, 0) is 35.9 Å². The van der Waals surface area contributed by atoms with Crippen molar-refractivity contribution in [3.63, 3.8) is 0 Å². The number of carbonyl (C=O) groups excluding carboxylic acids is 1. The fourth-order valence-electron chi connectivity index (χ4n) is 2.39. The van der Waals surface area contributed by atoms with Gasteiger partial charge in [-0.3, -0.25) is 4.79 Å². The van der Waals surface area contributed by atoms with Crippen LogP contribution in [0.3, 0.4) is 0 Å². The van der Waals surface area contributed by atoms with Crippen LogP contribution >= 0.6 is 0 Å². The van der Waals surface area contributed by atoms with Gasteiger partial charge in [0, 0.05) is 33.9 Å². The maximum atomic E-state index is 12.4. The van der Waals surface area contributed by atoms with Crippen molar-refractivity contribution in [1.82, 2.24) is 4.31 Å². The van der Waals surface area contributed by atoms with E-state index in [1.807, 2.05) is 19.0 Å². The van der Waals surface area contributed by atoms with E-state index in [2.05, 4.69) is 5.32 Å². The summed E-state index contributed by atoms with van der Waals surface area (Å²) in [4.78, 5) is 14.3. The second-order valence-corrected chi connectivity index (χ2v) is 8.48. The third kappa shape index (κ3) is 4.53. The lowest BCUT2D eigenvalue weighted by Gasteiger charge is -2.20. The second-order valence-electron chi connectivity index (χ2n) is 6.33. The molecule has 0 radical (unpaired) electrons. The molecular weight excluding hydrogens is 352 g/mol. The Morgan fingerprint density at radius 1 is 1.04 bits per heavy atom. The van der Waals surface area contributed by atoms with E-state index in [0.717, 1.165) is 9.87 Å². The Morgan fingerprint density at radius 2 is 1.65 bits per heavy atom. The Morgan fingerprint density at radius 3 is 2.19 bits per heavy atom. The molecule has 0 spiro atoms. The Balaban J connectivity index is 2.30. The van der Waals surface area contributed by atoms with Gasteiger partial charge in [-0.1, -0.05) is 12.1 Å². The average molecular weight is 376 g/mol. The predicted octanol–water partition coefficient (Wildman–Crippen LogP) is 1.77. The quantitative estimate of drug-likeness (QED) is 0.749. The molecular formula is C18H24N4O3S. The molecule has 0 aromatic heterocycles. The SMILES string of the molecule is CN(C)c1ccc(S(=O)(=O)N(C)C)cc1NC(=O)Cc1ccc(N)cc1. The fourth-order valence-corrected chi connectivity index (χ4v) is 3.32. The molecule has 7 nitrogen and oxygen atoms in total. The molecule has 2 aromatic rings. The number of carbonyl (C=O) groups is 1. The van der Waals surface area contributed by atoms with E-state index in [1.54, 1.807) is 30.3 Å². The summed E-state index contributed by atoms with van der Waals surface area (Å²) in [6.07, 6.45) is 0.164. The van der Waals surface area contributed by atoms with Crippen molar-refractivity contribution in [3.8, 4) is 0 Å². The summed E-state index contributed by atoms with van der Waals surface area (Å²) < 4.78 is 25.9. The van der Waals surface area contributed by atoms with E-state index in [4.69, 9.17) is 5.73 Å². The highest BCUT2D eigenvalue weighted by Gasteiger charge is 2.20. The molecule has 3 N–H and O–H groups in total. The molecule has 0 bridgehead atoms. The first-order valence-corrected chi connectivity index (χ1v) is 9.43. The van der Waals surface area contributed by atoms with Crippen LogP contribution in [0.1, 0.15) is 5.56 Å². The normalized spacial score (nSPS) is 11.4. The minimum absolute atomic E-state index is 0.121. The van der Waals surface area contributed by atoms with Gasteiger partial charge in [0.1, 0.15) is 0 Å². The summed E-state index contributed by atoms with van der Waals surface area (Å²) in [5.41, 5.74) is 8.26. The van der Waals surface area contributed by atoms with Crippen molar-refractivity contribution in [2.45, 2.75) is 11.3 Å². The van der Waals surface area contributed by atoms with Crippen molar-refractivity contribution < 1.29 is 13.2 Å². The number of nitrogens with one attached hydrogen (secondary N) is 1. The van der Waals surface area contributed by atoms with Crippen LogP contribution < -0.4 is 16.0 Å². The van der Waals surface area contributed by atoms with E-state index in [9.17, 15) is 13.2 Å². The molecule has 0 fully saturated rings. The average Bonchev–Trinajstić information content (AvgIpc) is 2.56. The molecule has 26 heavy (non-hydrogen) atoms. The van der Waals surface area contributed by atoms with Crippen LogP contribution in [-0.2, 0) is 21.2 Å². The van der Waals surface area contributed by atoms with Crippen LogP contribution in [0.25, 0.3) is 0 Å². The van der Waals surface area contributed by atoms with Gasteiger partial charge >= 0.3 is 0 Å². The maximum absolute atomic E-state index is 12.4. The van der Waals surface area contributed by atoms with Crippen LogP contribution in [0.4, 0.5) is 17.1 Å². The summed E-state index contributed by atoms with van der Waals surface area (Å²) in [6, 6.07) is 11.7. The Labute approximate surface area is 154 Å². The monoisotopic (exact) mass is 376 g/mol. The molecule has 0 heterocycles. The molecule has 2 aromatic carbocycles. The summed E-state index contributed by atoms with van der Waals surface area (Å²) in [5, 5.41) is 2.81. The largest absolute Gasteiger partial charge is 0.399 e. The van der Waals surface area contributed by atoms with Gasteiger partial charge in [-0.2, -0.15) is 0 Å². The zero-order chi connectivity index (χ0) is 19.5. The standard InChI is InChI=1S/C18H24N4O3S/c1-21(2)17-10-9-15(26(24,25)22(3)4)12-16(17)20-18(23)11-13-5-7-14(19)8-6-13/h5-10,12H,11,19H2,1-4H3,(H,20,23). The molecule has 1 amide bonds. The molecule has 0 atom stereocenters. The zero-order valence-corrected chi connectivity index (χ0v) is 16.2. The lowest BCUT2D eigenvalue weighted by atomic mass is 10.1. The number of nitrogen functional groups attached to an aromatic ring is 1. The molecule has 0 aliphatic rings. The summed E-state index contributed by atoms with van der Waals surface area (Å²) >= 11 is 0. The van der Waals surface area contributed by atoms with Crippen LogP contribution in [0.15, 0.2) is 47.4 Å². The van der Waals surface area contributed by atoms with Gasteiger partial charge in [0.2, 0.25) is 15.9 Å². The smallest absolute Gasteiger partial charge is 0.242 e. The van der Waals surface area contributed by atoms with Crippen LogP contribution in [-0.4, -0.2) is 46.8 Å². The number of rotatable bonds is 6. The van der Waals surface area contributed by atoms with Gasteiger partial charge < -0.3 is 16.0 Å². The minimum Gasteiger partial charge on any atom is -0.399 e. The van der Waals surface area contributed by atoms with Crippen LogP contribution in [0, 0.1) is 0 Å². The van der Waals surface area contributed by atoms with E-state index in [1.165, 1.54) is 26.2 Å². The van der Waals surface area contributed by atoms with Gasteiger partial charge in [-0.15, -0.1) is 0 Å². The number of anilines is 3. The maximum Gasteiger partial charge on any atom is 0.242 e. The molecule has 2 rings (SSSR count). The Kier molecular flexibility index (Phi) is 5.89. The number of hydrogen-bond acceptors (Lipinski definition) is 5. The molecule has 0 aliphatic heterocycles. The lowest BCUT2D eigenvalue weighted by molar-refractivity contribution is -0.115. The first-order chi connectivity index (χ1) is 12.1. The van der Waals surface area contributed by atoms with Gasteiger partial charge in [0.05, 0.1) is 22.7 Å². The highest BCUT2D eigenvalue weighted by molar-refractivity contribution is 7.89. The molecule has 0 saturated heterocycles. The topological polar surface area (TPSA) is 95.7 Å². The second kappa shape index (κ2) is 7.76. The van der Waals surface area contributed by atoms with Crippen molar-refractivity contribution >= 4 is 33.0 Å². The van der Waals surface area contributed by atoms with E-state index in [-0.39, 0.29) is 17.2 Å². The number of nitrogens with zero attached hydrogens (tertiary/aromatic N) is 2. The van der Waals surface area contributed by atoms with Crippen LogP contribution in [0.5, 0.6) is 0 Å². The van der Waals surface area contributed by atoms with Crippen molar-refractivity contribution in [2.24, 2.45) is 0 Å². The van der Waals surface area contributed by atoms with E-state index < -0.39 is 10.0 Å². The highest BCUT2D eigenvalue weighted by Crippen LogP contribution is 2.28. The van der Waals surface area contributed by atoms with E-state index >= 15 is 0 Å². The van der Waals surface area contributed by atoms with Crippen molar-refractivity contribution in [2.75, 3.05) is 44.1 Å². The summed E-state index contributed by atoms with van der Waals surface area (Å²) in [5.74, 6) is -0.239. The zero-order valence-electron chi connectivity index (χ0n) is 15.4. The van der Waals surface area contributed by atoms with Crippen molar-refractivity contribution in [3.05, 3.63) is 48.0 Å². The van der Waals surface area contributed by atoms with Crippen LogP contribution in [0.2, 0.25) is 0 Å². The number of benzene rings is 2. The highest BCUT2D eigenvalue weighted by atomic mass is 32.2. The van der Waals surface area contributed by atoms with Gasteiger partial charge in [0.15, 0.2) is 0 Å². The lowest BCUT2D eigenvalue weighted by Crippen LogP contribution is -2.23. The fraction of sp³-hybridized carbons (Fsp3) is 0.278. The van der Waals surface area contributed by atoms with E-state index in [0.29, 0.717) is 17.1 Å². The number of nitrogens with two attached hydrogens (primary N) is 1. The van der Waals surface area contributed by atoms with Crippen molar-refractivity contribution in [1.29, 1.82) is 0 Å². The molecule has 0 unspecified atom stereocenters. The summed E-state index contributed by atoms with van der Waals surface area (Å²) in [6.45, 7) is 0. The first kappa shape index (κ1) is 19.7. The summed E-state index contributed by atoms with van der Waals surface area (Å²) in [7, 11) is 2.99. The molecule has 0 saturated carbocycles. The number of sulfonamides is 1. The van der Waals surface area contributed by atoms with Gasteiger partial charge in [-0.25, -0.2) is 12.7 Å². The molecule has 8 heteroatoms. The third-order valence-electron chi connectivity index (χ3n) is 3.85. The Bertz CT molecular complexity index is 891. The molecule has 140 valence electrons. The number of amides is 1. The van der Waals surface area contributed by atoms with Gasteiger partial charge in [0.25, 0.3) is 0 Å². The predicted molar refractivity (Wildman–Crippen MR) is 105 cm³/mol. The Hall–Kier alpha value is -2.58. The third-order valence-corrected chi connectivity index (χ3v) is 5.66. The minimum atomic E-state index is -3.59. The number of hydrogen-bond donors (Lipinski definition) is 2.